The number of esters is 2. The molecule has 0 heterocycles. The maximum atomic E-state index is 11.7. The van der Waals surface area contributed by atoms with Crippen LogP contribution in [0.1, 0.15) is 136 Å². The number of ether oxygens (including phenoxy) is 2. The third-order valence-electron chi connectivity index (χ3n) is 5.28. The van der Waals surface area contributed by atoms with Crippen LogP contribution in [0.3, 0.4) is 0 Å². The van der Waals surface area contributed by atoms with E-state index in [0.29, 0.717) is 26.1 Å². The monoisotopic (exact) mass is 412 g/mol. The van der Waals surface area contributed by atoms with Gasteiger partial charge in [-0.2, -0.15) is 0 Å². The zero-order chi connectivity index (χ0) is 21.4. The molecule has 0 aromatic heterocycles. The van der Waals surface area contributed by atoms with Gasteiger partial charge in [-0.1, -0.05) is 90.9 Å². The van der Waals surface area contributed by atoms with Crippen LogP contribution >= 0.6 is 0 Å². The lowest BCUT2D eigenvalue weighted by molar-refractivity contribution is -0.144. The Hall–Kier alpha value is -1.06. The van der Waals surface area contributed by atoms with Crippen LogP contribution in [0.4, 0.5) is 0 Å². The standard InChI is InChI=1S/C25H48O4/c1-3-5-7-9-11-13-16-20-24(26)28-22-18-15-19-23-29-25(27)21-17-14-12-10-8-6-4-2/h3-23H2,1-2H3. The van der Waals surface area contributed by atoms with Crippen molar-refractivity contribution in [3.63, 3.8) is 0 Å². The fourth-order valence-electron chi connectivity index (χ4n) is 3.35. The first-order valence-electron chi connectivity index (χ1n) is 12.5. The van der Waals surface area contributed by atoms with Gasteiger partial charge in [0, 0.05) is 12.8 Å². The zero-order valence-electron chi connectivity index (χ0n) is 19.5. The molecule has 4 nitrogen and oxygen atoms in total. The molecule has 0 unspecified atom stereocenters. The number of carbonyl (C=O) groups excluding carboxylic acids is 2. The molecule has 0 aromatic rings. The number of unbranched alkanes of at least 4 members (excludes halogenated alkanes) is 14. The molecule has 0 aliphatic carbocycles. The molecule has 0 atom stereocenters. The highest BCUT2D eigenvalue weighted by Gasteiger charge is 2.04. The lowest BCUT2D eigenvalue weighted by atomic mass is 10.1. The minimum Gasteiger partial charge on any atom is -0.466 e. The third-order valence-corrected chi connectivity index (χ3v) is 5.28. The Labute approximate surface area is 180 Å². The summed E-state index contributed by atoms with van der Waals surface area (Å²) in [7, 11) is 0. The van der Waals surface area contributed by atoms with Gasteiger partial charge in [0.05, 0.1) is 13.2 Å². The van der Waals surface area contributed by atoms with Crippen LogP contribution in [0.2, 0.25) is 0 Å². The molecule has 0 aromatic carbocycles. The molecule has 0 saturated heterocycles. The predicted molar refractivity (Wildman–Crippen MR) is 121 cm³/mol. The molecule has 29 heavy (non-hydrogen) atoms. The van der Waals surface area contributed by atoms with Crippen molar-refractivity contribution < 1.29 is 19.1 Å². The van der Waals surface area contributed by atoms with E-state index < -0.39 is 0 Å². The average molecular weight is 413 g/mol. The number of carbonyl (C=O) groups is 2. The summed E-state index contributed by atoms with van der Waals surface area (Å²) >= 11 is 0. The first-order valence-corrected chi connectivity index (χ1v) is 12.5. The first-order chi connectivity index (χ1) is 14.2. The summed E-state index contributed by atoms with van der Waals surface area (Å²) in [6, 6.07) is 0. The van der Waals surface area contributed by atoms with Gasteiger partial charge in [-0.15, -0.1) is 0 Å². The van der Waals surface area contributed by atoms with Gasteiger partial charge in [-0.05, 0) is 32.1 Å². The molecule has 0 aliphatic rings. The number of hydrogen-bond acceptors (Lipinski definition) is 4. The van der Waals surface area contributed by atoms with E-state index in [2.05, 4.69) is 13.8 Å². The zero-order valence-corrected chi connectivity index (χ0v) is 19.5. The highest BCUT2D eigenvalue weighted by atomic mass is 16.5. The summed E-state index contributed by atoms with van der Waals surface area (Å²) in [6.07, 6.45) is 20.7. The van der Waals surface area contributed by atoms with Gasteiger partial charge in [0.15, 0.2) is 0 Å². The van der Waals surface area contributed by atoms with Crippen molar-refractivity contribution in [2.75, 3.05) is 13.2 Å². The highest BCUT2D eigenvalue weighted by Crippen LogP contribution is 2.10. The Bertz CT molecular complexity index is 334. The third kappa shape index (κ3) is 23.1. The number of hydrogen-bond donors (Lipinski definition) is 0. The van der Waals surface area contributed by atoms with Gasteiger partial charge in [-0.25, -0.2) is 0 Å². The lowest BCUT2D eigenvalue weighted by Crippen LogP contribution is -2.07. The van der Waals surface area contributed by atoms with Crippen molar-refractivity contribution in [3.8, 4) is 0 Å². The Balaban J connectivity index is 3.27. The molecule has 172 valence electrons. The molecular formula is C25H48O4. The molecule has 0 bridgehead atoms. The van der Waals surface area contributed by atoms with E-state index >= 15 is 0 Å². The Morgan fingerprint density at radius 2 is 0.759 bits per heavy atom. The molecular weight excluding hydrogens is 364 g/mol. The molecule has 0 rings (SSSR count). The van der Waals surface area contributed by atoms with Gasteiger partial charge in [0.2, 0.25) is 0 Å². The van der Waals surface area contributed by atoms with Crippen molar-refractivity contribution in [1.82, 2.24) is 0 Å². The summed E-state index contributed by atoms with van der Waals surface area (Å²) in [5.74, 6) is -0.139. The van der Waals surface area contributed by atoms with Crippen molar-refractivity contribution in [2.24, 2.45) is 0 Å². The SMILES string of the molecule is CCCCCCCCCC(=O)OCCCCCOC(=O)CCCCCCCCC. The van der Waals surface area contributed by atoms with E-state index in [4.69, 9.17) is 9.47 Å². The summed E-state index contributed by atoms with van der Waals surface area (Å²) in [6.45, 7) is 5.42. The second-order valence-corrected chi connectivity index (χ2v) is 8.24. The smallest absolute Gasteiger partial charge is 0.305 e. The van der Waals surface area contributed by atoms with Gasteiger partial charge >= 0.3 is 11.9 Å². The number of rotatable bonds is 22. The Kier molecular flexibility index (Phi) is 22.4. The summed E-state index contributed by atoms with van der Waals surface area (Å²) < 4.78 is 10.5. The van der Waals surface area contributed by atoms with E-state index in [-0.39, 0.29) is 11.9 Å². The lowest BCUT2D eigenvalue weighted by Gasteiger charge is -2.06. The minimum atomic E-state index is -0.0697. The van der Waals surface area contributed by atoms with Crippen LogP contribution < -0.4 is 0 Å². The summed E-state index contributed by atoms with van der Waals surface area (Å²) in [4.78, 5) is 23.3. The quantitative estimate of drug-likeness (QED) is 0.136. The van der Waals surface area contributed by atoms with Crippen LogP contribution in [-0.2, 0) is 19.1 Å². The van der Waals surface area contributed by atoms with Crippen LogP contribution in [0, 0.1) is 0 Å². The second-order valence-electron chi connectivity index (χ2n) is 8.24. The van der Waals surface area contributed by atoms with Crippen molar-refractivity contribution in [2.45, 2.75) is 136 Å². The molecule has 0 spiro atoms. The van der Waals surface area contributed by atoms with Crippen LogP contribution in [0.5, 0.6) is 0 Å². The Morgan fingerprint density at radius 3 is 1.14 bits per heavy atom. The minimum absolute atomic E-state index is 0.0697. The molecule has 0 N–H and O–H groups in total. The van der Waals surface area contributed by atoms with E-state index in [0.717, 1.165) is 44.9 Å². The summed E-state index contributed by atoms with van der Waals surface area (Å²) in [5, 5.41) is 0. The van der Waals surface area contributed by atoms with Crippen molar-refractivity contribution in [1.29, 1.82) is 0 Å². The van der Waals surface area contributed by atoms with Gasteiger partial charge in [0.25, 0.3) is 0 Å². The van der Waals surface area contributed by atoms with Crippen molar-refractivity contribution >= 4 is 11.9 Å². The largest absolute Gasteiger partial charge is 0.466 e. The van der Waals surface area contributed by atoms with Gasteiger partial charge < -0.3 is 9.47 Å². The fraction of sp³-hybridized carbons (Fsp3) is 0.920. The Morgan fingerprint density at radius 1 is 0.448 bits per heavy atom. The van der Waals surface area contributed by atoms with Crippen LogP contribution in [0.25, 0.3) is 0 Å². The van der Waals surface area contributed by atoms with Gasteiger partial charge in [0.1, 0.15) is 0 Å². The van der Waals surface area contributed by atoms with E-state index in [9.17, 15) is 9.59 Å². The fourth-order valence-corrected chi connectivity index (χ4v) is 3.35. The van der Waals surface area contributed by atoms with Crippen LogP contribution in [-0.4, -0.2) is 25.2 Å². The van der Waals surface area contributed by atoms with Crippen molar-refractivity contribution in [3.05, 3.63) is 0 Å². The molecule has 0 aliphatic heterocycles. The maximum absolute atomic E-state index is 11.7. The molecule has 4 heteroatoms. The first kappa shape index (κ1) is 27.9. The molecule has 0 amide bonds. The van der Waals surface area contributed by atoms with Gasteiger partial charge in [-0.3, -0.25) is 9.59 Å². The second kappa shape index (κ2) is 23.2. The highest BCUT2D eigenvalue weighted by molar-refractivity contribution is 5.69. The predicted octanol–water partition coefficient (Wildman–Crippen LogP) is 7.52. The summed E-state index contributed by atoms with van der Waals surface area (Å²) in [5.41, 5.74) is 0. The average Bonchev–Trinajstić information content (AvgIpc) is 2.71. The maximum Gasteiger partial charge on any atom is 0.305 e. The van der Waals surface area contributed by atoms with Crippen LogP contribution in [0.15, 0.2) is 0 Å². The van der Waals surface area contributed by atoms with E-state index in [1.54, 1.807) is 0 Å². The molecule has 0 fully saturated rings. The normalized spacial score (nSPS) is 10.8. The topological polar surface area (TPSA) is 52.6 Å². The van der Waals surface area contributed by atoms with E-state index in [1.807, 2.05) is 0 Å². The molecule has 0 saturated carbocycles. The molecule has 0 radical (unpaired) electrons. The van der Waals surface area contributed by atoms with E-state index in [1.165, 1.54) is 64.2 Å².